The van der Waals surface area contributed by atoms with Gasteiger partial charge in [0.2, 0.25) is 0 Å². The smallest absolute Gasteiger partial charge is 0.200 e. The van der Waals surface area contributed by atoms with E-state index < -0.39 is 17.4 Å². The molecule has 2 N–H and O–H groups in total. The van der Waals surface area contributed by atoms with Gasteiger partial charge in [-0.3, -0.25) is 4.79 Å². The van der Waals surface area contributed by atoms with Gasteiger partial charge in [0.05, 0.1) is 11.1 Å². The van der Waals surface area contributed by atoms with Crippen molar-refractivity contribution in [1.82, 2.24) is 4.98 Å². The first-order valence-corrected chi connectivity index (χ1v) is 5.21. The van der Waals surface area contributed by atoms with Gasteiger partial charge in [0.1, 0.15) is 17.5 Å². The first-order valence-electron chi connectivity index (χ1n) is 5.21. The normalized spacial score (nSPS) is 10.4. The van der Waals surface area contributed by atoms with Gasteiger partial charge in [-0.15, -0.1) is 0 Å². The summed E-state index contributed by atoms with van der Waals surface area (Å²) in [6.07, 6.45) is 1.45. The minimum absolute atomic E-state index is 0.00339. The molecule has 0 bridgehead atoms. The van der Waals surface area contributed by atoms with E-state index in [9.17, 15) is 13.6 Å². The maximum atomic E-state index is 13.5. The van der Waals surface area contributed by atoms with Crippen molar-refractivity contribution >= 4 is 11.6 Å². The monoisotopic (exact) mass is 248 g/mol. The van der Waals surface area contributed by atoms with Gasteiger partial charge in [-0.05, 0) is 36.8 Å². The molecule has 0 spiro atoms. The number of ketones is 1. The van der Waals surface area contributed by atoms with E-state index in [2.05, 4.69) is 4.98 Å². The third-order valence-electron chi connectivity index (χ3n) is 2.59. The molecule has 0 radical (unpaired) electrons. The molecule has 0 aliphatic heterocycles. The summed E-state index contributed by atoms with van der Waals surface area (Å²) in [5.41, 5.74) is 5.92. The van der Waals surface area contributed by atoms with Gasteiger partial charge in [-0.2, -0.15) is 0 Å². The second-order valence-corrected chi connectivity index (χ2v) is 3.84. The Hall–Kier alpha value is -2.30. The number of hydrogen-bond donors (Lipinski definition) is 1. The lowest BCUT2D eigenvalue weighted by molar-refractivity contribution is 0.103. The number of halogens is 2. The van der Waals surface area contributed by atoms with E-state index >= 15 is 0 Å². The van der Waals surface area contributed by atoms with Crippen LogP contribution >= 0.6 is 0 Å². The quantitative estimate of drug-likeness (QED) is 0.830. The Morgan fingerprint density at radius 3 is 2.67 bits per heavy atom. The molecule has 1 aromatic carbocycles. The molecule has 0 atom stereocenters. The van der Waals surface area contributed by atoms with Crippen molar-refractivity contribution in [3.05, 3.63) is 58.8 Å². The SMILES string of the molecule is Cc1ccnc(N)c1C(=O)c1cc(F)ccc1F. The molecule has 5 heteroatoms. The summed E-state index contributed by atoms with van der Waals surface area (Å²) in [7, 11) is 0. The summed E-state index contributed by atoms with van der Waals surface area (Å²) in [6.45, 7) is 1.66. The molecule has 2 aromatic rings. The highest BCUT2D eigenvalue weighted by Crippen LogP contribution is 2.20. The van der Waals surface area contributed by atoms with E-state index in [1.54, 1.807) is 13.0 Å². The van der Waals surface area contributed by atoms with Crippen LogP contribution in [0, 0.1) is 18.6 Å². The highest BCUT2D eigenvalue weighted by atomic mass is 19.1. The predicted octanol–water partition coefficient (Wildman–Crippen LogP) is 2.48. The van der Waals surface area contributed by atoms with Crippen LogP contribution in [0.15, 0.2) is 30.5 Å². The van der Waals surface area contributed by atoms with Gasteiger partial charge >= 0.3 is 0 Å². The van der Waals surface area contributed by atoms with Crippen molar-refractivity contribution in [2.45, 2.75) is 6.92 Å². The van der Waals surface area contributed by atoms with E-state index in [0.717, 1.165) is 18.2 Å². The van der Waals surface area contributed by atoms with Gasteiger partial charge in [-0.1, -0.05) is 0 Å². The Morgan fingerprint density at radius 1 is 1.28 bits per heavy atom. The fourth-order valence-electron chi connectivity index (χ4n) is 1.68. The minimum Gasteiger partial charge on any atom is -0.383 e. The molecule has 0 amide bonds. The number of aryl methyl sites for hydroxylation is 1. The van der Waals surface area contributed by atoms with E-state index in [0.29, 0.717) is 5.56 Å². The lowest BCUT2D eigenvalue weighted by Gasteiger charge is -2.08. The van der Waals surface area contributed by atoms with Crippen LogP contribution in [-0.2, 0) is 0 Å². The summed E-state index contributed by atoms with van der Waals surface area (Å²) in [6, 6.07) is 4.29. The molecular formula is C13H10F2N2O. The maximum Gasteiger partial charge on any atom is 0.200 e. The van der Waals surface area contributed by atoms with Crippen LogP contribution in [0.4, 0.5) is 14.6 Å². The van der Waals surface area contributed by atoms with Crippen molar-refractivity contribution in [2.75, 3.05) is 5.73 Å². The van der Waals surface area contributed by atoms with E-state index in [-0.39, 0.29) is 16.9 Å². The maximum absolute atomic E-state index is 13.5. The number of carbonyl (C=O) groups excluding carboxylic acids is 1. The number of nitrogens with zero attached hydrogens (tertiary/aromatic N) is 1. The van der Waals surface area contributed by atoms with Crippen LogP contribution in [0.5, 0.6) is 0 Å². The van der Waals surface area contributed by atoms with Crippen LogP contribution in [0.1, 0.15) is 21.5 Å². The molecule has 0 aliphatic rings. The number of pyridine rings is 1. The van der Waals surface area contributed by atoms with Crippen molar-refractivity contribution in [2.24, 2.45) is 0 Å². The zero-order chi connectivity index (χ0) is 13.3. The minimum atomic E-state index is -0.788. The summed E-state index contributed by atoms with van der Waals surface area (Å²) in [5.74, 6) is -2.14. The fraction of sp³-hybridized carbons (Fsp3) is 0.0769. The summed E-state index contributed by atoms with van der Waals surface area (Å²) >= 11 is 0. The Balaban J connectivity index is 2.58. The topological polar surface area (TPSA) is 56.0 Å². The second kappa shape index (κ2) is 4.52. The largest absolute Gasteiger partial charge is 0.383 e. The van der Waals surface area contributed by atoms with Crippen molar-refractivity contribution in [3.8, 4) is 0 Å². The molecular weight excluding hydrogens is 238 g/mol. The summed E-state index contributed by atoms with van der Waals surface area (Å²) in [4.78, 5) is 15.9. The van der Waals surface area contributed by atoms with Crippen molar-refractivity contribution in [3.63, 3.8) is 0 Å². The summed E-state index contributed by atoms with van der Waals surface area (Å²) in [5, 5.41) is 0. The molecule has 1 aromatic heterocycles. The molecule has 92 valence electrons. The average molecular weight is 248 g/mol. The van der Waals surface area contributed by atoms with Crippen LogP contribution in [0.3, 0.4) is 0 Å². The standard InChI is InChI=1S/C13H10F2N2O/c1-7-4-5-17-13(16)11(7)12(18)9-6-8(14)2-3-10(9)15/h2-6H,1H3,(H2,16,17). The molecule has 18 heavy (non-hydrogen) atoms. The number of benzene rings is 1. The number of nitrogen functional groups attached to an aromatic ring is 1. The fourth-order valence-corrected chi connectivity index (χ4v) is 1.68. The zero-order valence-corrected chi connectivity index (χ0v) is 9.58. The summed E-state index contributed by atoms with van der Waals surface area (Å²) < 4.78 is 26.6. The van der Waals surface area contributed by atoms with E-state index in [1.165, 1.54) is 6.20 Å². The van der Waals surface area contributed by atoms with Crippen LogP contribution < -0.4 is 5.73 Å². The third kappa shape index (κ3) is 2.07. The van der Waals surface area contributed by atoms with E-state index in [1.807, 2.05) is 0 Å². The first kappa shape index (κ1) is 12.2. The average Bonchev–Trinajstić information content (AvgIpc) is 2.32. The van der Waals surface area contributed by atoms with Crippen LogP contribution in [0.2, 0.25) is 0 Å². The number of aromatic nitrogens is 1. The van der Waals surface area contributed by atoms with Crippen molar-refractivity contribution < 1.29 is 13.6 Å². The number of carbonyl (C=O) groups is 1. The Labute approximate surface area is 102 Å². The molecule has 0 fully saturated rings. The molecule has 0 aliphatic carbocycles. The molecule has 1 heterocycles. The van der Waals surface area contributed by atoms with Crippen LogP contribution in [0.25, 0.3) is 0 Å². The van der Waals surface area contributed by atoms with Gasteiger partial charge in [-0.25, -0.2) is 13.8 Å². The Kier molecular flexibility index (Phi) is 3.06. The molecule has 0 saturated carbocycles. The highest BCUT2D eigenvalue weighted by Gasteiger charge is 2.19. The number of anilines is 1. The van der Waals surface area contributed by atoms with E-state index in [4.69, 9.17) is 5.73 Å². The molecule has 2 rings (SSSR count). The van der Waals surface area contributed by atoms with Crippen LogP contribution in [-0.4, -0.2) is 10.8 Å². The number of rotatable bonds is 2. The Morgan fingerprint density at radius 2 is 2.00 bits per heavy atom. The number of nitrogens with two attached hydrogens (primary N) is 1. The molecule has 0 saturated heterocycles. The number of hydrogen-bond acceptors (Lipinski definition) is 3. The highest BCUT2D eigenvalue weighted by molar-refractivity contribution is 6.12. The molecule has 0 unspecified atom stereocenters. The van der Waals surface area contributed by atoms with Crippen molar-refractivity contribution in [1.29, 1.82) is 0 Å². The zero-order valence-electron chi connectivity index (χ0n) is 9.58. The van der Waals surface area contributed by atoms with Gasteiger partial charge in [0, 0.05) is 6.20 Å². The lowest BCUT2D eigenvalue weighted by atomic mass is 9.99. The molecule has 3 nitrogen and oxygen atoms in total. The van der Waals surface area contributed by atoms with Gasteiger partial charge < -0.3 is 5.73 Å². The predicted molar refractivity (Wildman–Crippen MR) is 63.2 cm³/mol. The third-order valence-corrected chi connectivity index (χ3v) is 2.59. The van der Waals surface area contributed by atoms with Gasteiger partial charge in [0.25, 0.3) is 0 Å². The van der Waals surface area contributed by atoms with Gasteiger partial charge in [0.15, 0.2) is 5.78 Å². The Bertz CT molecular complexity index is 606. The second-order valence-electron chi connectivity index (χ2n) is 3.84. The first-order chi connectivity index (χ1) is 8.50. The lowest BCUT2D eigenvalue weighted by Crippen LogP contribution is -2.11.